The van der Waals surface area contributed by atoms with Crippen LogP contribution in [0.15, 0.2) is 51.8 Å². The van der Waals surface area contributed by atoms with Gasteiger partial charge in [0.25, 0.3) is 0 Å². The Labute approximate surface area is 224 Å². The molecule has 0 atom stereocenters. The molecule has 0 bridgehead atoms. The van der Waals surface area contributed by atoms with Crippen molar-refractivity contribution >= 4 is 10.2 Å². The topological polar surface area (TPSA) is 0 Å². The zero-order valence-corrected chi connectivity index (χ0v) is 28.4. The molecule has 0 aliphatic heterocycles. The number of allylic oxidation sites excluding steroid dienone is 4. The molecule has 4 rings (SSSR count). The molecule has 2 aliphatic rings. The number of rotatable bonds is 8. The second-order valence-electron chi connectivity index (χ2n) is 14.0. The third kappa shape index (κ3) is 4.80. The minimum absolute atomic E-state index is 0.149. The monoisotopic (exact) mass is 576 g/mol. The summed E-state index contributed by atoms with van der Waals surface area (Å²) in [5, 5.41) is 0. The van der Waals surface area contributed by atoms with Crippen molar-refractivity contribution in [1.29, 1.82) is 0 Å². The molecule has 0 amide bonds. The SMILES string of the molecule is CCC[CH2][Zr](=[SiH2])([CH2]CCC)([C]1=CC=CC1)[c]1c(C(C)(C)C)ccc2c1Cc1cc(C(C)(C)C)ccc1-2. The number of benzene rings is 2. The van der Waals surface area contributed by atoms with E-state index in [0.717, 1.165) is 6.42 Å². The molecule has 0 fully saturated rings. The van der Waals surface area contributed by atoms with Crippen LogP contribution in [0.25, 0.3) is 11.1 Å². The van der Waals surface area contributed by atoms with E-state index in [2.05, 4.69) is 111 Å². The molecule has 0 spiro atoms. The average Bonchev–Trinajstić information content (AvgIpc) is 3.48. The van der Waals surface area contributed by atoms with Crippen molar-refractivity contribution in [2.45, 2.75) is 113 Å². The summed E-state index contributed by atoms with van der Waals surface area (Å²) in [5.74, 6) is 0. The molecule has 0 nitrogen and oxygen atoms in total. The second kappa shape index (κ2) is 9.96. The van der Waals surface area contributed by atoms with E-state index in [9.17, 15) is 0 Å². The zero-order chi connectivity index (χ0) is 26.4. The second-order valence-corrected chi connectivity index (χ2v) is 38.9. The summed E-state index contributed by atoms with van der Waals surface area (Å²) < 4.78 is 6.66. The van der Waals surface area contributed by atoms with Crippen LogP contribution in [0.5, 0.6) is 0 Å². The van der Waals surface area contributed by atoms with Gasteiger partial charge >= 0.3 is 226 Å². The van der Waals surface area contributed by atoms with E-state index in [4.69, 9.17) is 0 Å². The maximum atomic E-state index is 2.58. The number of unbranched alkanes of at least 4 members (excludes halogenated alkanes) is 2. The van der Waals surface area contributed by atoms with Gasteiger partial charge in [-0.05, 0) is 0 Å². The summed E-state index contributed by atoms with van der Waals surface area (Å²) in [6, 6.07) is 12.4. The minimum atomic E-state index is -3.61. The van der Waals surface area contributed by atoms with Gasteiger partial charge in [-0.25, -0.2) is 0 Å². The molecule has 0 radical (unpaired) electrons. The van der Waals surface area contributed by atoms with E-state index < -0.39 is 17.4 Å². The average molecular weight is 578 g/mol. The van der Waals surface area contributed by atoms with E-state index in [-0.39, 0.29) is 10.8 Å². The zero-order valence-electron chi connectivity index (χ0n) is 24.5. The first-order valence-electron chi connectivity index (χ1n) is 14.5. The van der Waals surface area contributed by atoms with Crippen LogP contribution in [-0.2, 0) is 34.6 Å². The first-order chi connectivity index (χ1) is 16.8. The molecule has 2 aromatic rings. The predicted molar refractivity (Wildman–Crippen MR) is 162 cm³/mol. The molecular formula is C34H50SiZr. The van der Waals surface area contributed by atoms with Gasteiger partial charge in [0.05, 0.1) is 0 Å². The summed E-state index contributed by atoms with van der Waals surface area (Å²) in [7, 11) is 0. The van der Waals surface area contributed by atoms with Crippen molar-refractivity contribution in [2.24, 2.45) is 0 Å². The Balaban J connectivity index is 2.07. The van der Waals surface area contributed by atoms with Crippen molar-refractivity contribution in [3.05, 3.63) is 74.1 Å². The van der Waals surface area contributed by atoms with Gasteiger partial charge in [0.1, 0.15) is 0 Å². The molecule has 2 heteroatoms. The van der Waals surface area contributed by atoms with Crippen LogP contribution in [-0.4, -0.2) is 6.88 Å². The maximum absolute atomic E-state index is 3.61. The fourth-order valence-electron chi connectivity index (χ4n) is 7.11. The van der Waals surface area contributed by atoms with Gasteiger partial charge in [-0.3, -0.25) is 0 Å². The molecule has 2 aliphatic carbocycles. The Bertz CT molecular complexity index is 1260. The Morgan fingerprint density at radius 1 is 0.833 bits per heavy atom. The molecule has 0 aromatic heterocycles. The summed E-state index contributed by atoms with van der Waals surface area (Å²) in [5.41, 5.74) is 9.76. The van der Waals surface area contributed by atoms with Crippen LogP contribution in [0.2, 0.25) is 8.26 Å². The van der Waals surface area contributed by atoms with E-state index in [1.807, 2.05) is 6.55 Å². The van der Waals surface area contributed by atoms with Gasteiger partial charge in [-0.2, -0.15) is 0 Å². The van der Waals surface area contributed by atoms with Gasteiger partial charge in [-0.15, -0.1) is 0 Å². The van der Waals surface area contributed by atoms with Crippen LogP contribution in [0.4, 0.5) is 0 Å². The van der Waals surface area contributed by atoms with E-state index in [1.54, 1.807) is 22.3 Å². The normalized spacial score (nSPS) is 15.8. The summed E-state index contributed by atoms with van der Waals surface area (Å²) >= 11 is -3.61. The number of hydrogen-bond acceptors (Lipinski definition) is 0. The van der Waals surface area contributed by atoms with Crippen LogP contribution in [0, 0.1) is 0 Å². The van der Waals surface area contributed by atoms with Crippen molar-refractivity contribution in [3.63, 3.8) is 0 Å². The number of fused-ring (bicyclic) bond motifs is 3. The van der Waals surface area contributed by atoms with Crippen LogP contribution >= 0.6 is 0 Å². The van der Waals surface area contributed by atoms with Gasteiger partial charge < -0.3 is 0 Å². The summed E-state index contributed by atoms with van der Waals surface area (Å²) in [4.78, 5) is 0. The molecule has 0 saturated carbocycles. The van der Waals surface area contributed by atoms with Gasteiger partial charge in [-0.1, -0.05) is 0 Å². The third-order valence-corrected chi connectivity index (χ3v) is 35.6. The van der Waals surface area contributed by atoms with Gasteiger partial charge in [0.15, 0.2) is 0 Å². The standard InChI is InChI=1S/C21H25.C5H5.2C4H9.H2Si.Zr/c1-20(2,3)16-7-9-18-14(12-16)11-15-13-17(21(4,5)6)8-10-19(15)18;1-2-4-5-3-1;2*1-3-4-2;;/h7-10,12H,11H2,1-6H3;1-3H,4H2;2*1,3-4H2,2H3;1H2;. The van der Waals surface area contributed by atoms with E-state index in [0.29, 0.717) is 0 Å². The van der Waals surface area contributed by atoms with Crippen LogP contribution in [0.1, 0.15) is 110 Å². The summed E-state index contributed by atoms with van der Waals surface area (Å²) in [6.45, 7) is 21.8. The Kier molecular flexibility index (Phi) is 7.76. The molecule has 36 heavy (non-hydrogen) atoms. The fourth-order valence-corrected chi connectivity index (χ4v) is 32.4. The van der Waals surface area contributed by atoms with E-state index in [1.165, 1.54) is 51.5 Å². The molecule has 0 saturated heterocycles. The Morgan fingerprint density at radius 2 is 1.47 bits per heavy atom. The van der Waals surface area contributed by atoms with Gasteiger partial charge in [0.2, 0.25) is 0 Å². The van der Waals surface area contributed by atoms with Crippen molar-refractivity contribution < 1.29 is 17.4 Å². The summed E-state index contributed by atoms with van der Waals surface area (Å²) in [6.07, 6.45) is 15.0. The first-order valence-corrected chi connectivity index (χ1v) is 26.4. The molecule has 0 unspecified atom stereocenters. The fraction of sp³-hybridized carbons (Fsp3) is 0.529. The number of hydrogen-bond donors (Lipinski definition) is 0. The molecule has 0 N–H and O–H groups in total. The van der Waals surface area contributed by atoms with Crippen LogP contribution in [0.3, 0.4) is 0 Å². The van der Waals surface area contributed by atoms with Crippen molar-refractivity contribution in [1.82, 2.24) is 0 Å². The van der Waals surface area contributed by atoms with E-state index >= 15 is 0 Å². The van der Waals surface area contributed by atoms with Crippen LogP contribution < -0.4 is 3.27 Å². The molecular weight excluding hydrogens is 528 g/mol. The quantitative estimate of drug-likeness (QED) is 0.234. The first kappa shape index (κ1) is 28.0. The molecule has 2 aromatic carbocycles. The van der Waals surface area contributed by atoms with Crippen molar-refractivity contribution in [3.8, 4) is 11.1 Å². The molecule has 194 valence electrons. The predicted octanol–water partition coefficient (Wildman–Crippen LogP) is 9.00. The Morgan fingerprint density at radius 3 is 2.00 bits per heavy atom. The third-order valence-electron chi connectivity index (χ3n) is 9.29. The molecule has 0 heterocycles. The van der Waals surface area contributed by atoms with Crippen molar-refractivity contribution in [2.75, 3.05) is 0 Å². The Hall–Kier alpha value is -0.980. The van der Waals surface area contributed by atoms with Gasteiger partial charge in [0, 0.05) is 0 Å².